The number of rotatable bonds is 10. The molecule has 2 heterocycles. The van der Waals surface area contributed by atoms with E-state index in [1.807, 2.05) is 81.9 Å². The van der Waals surface area contributed by atoms with Crippen molar-refractivity contribution in [3.8, 4) is 5.40 Å². The number of ketones is 1. The smallest absolute Gasteiger partial charge is 0.696 e. The van der Waals surface area contributed by atoms with Crippen LogP contribution in [0.15, 0.2) is 105 Å². The summed E-state index contributed by atoms with van der Waals surface area (Å²) in [7, 11) is 0. The molecule has 0 radical (unpaired) electrons. The van der Waals surface area contributed by atoms with Crippen LogP contribution in [0.25, 0.3) is 0 Å². The van der Waals surface area contributed by atoms with Crippen molar-refractivity contribution in [1.29, 1.82) is 5.26 Å². The van der Waals surface area contributed by atoms with E-state index in [9.17, 15) is 4.79 Å². The summed E-state index contributed by atoms with van der Waals surface area (Å²) in [6.07, 6.45) is 5.15. The van der Waals surface area contributed by atoms with E-state index in [0.29, 0.717) is 17.9 Å². The minimum atomic E-state index is -0.559. The maximum absolute atomic E-state index is 9.68. The Balaban J connectivity index is -0.000000640. The zero-order valence-corrected chi connectivity index (χ0v) is 38.4. The Morgan fingerprint density at radius 2 is 1.27 bits per heavy atom. The van der Waals surface area contributed by atoms with Gasteiger partial charge < -0.3 is 52.9 Å². The average Bonchev–Trinajstić information content (AvgIpc) is 3.79. The number of carbonyl (C=O) groups excluding carboxylic acids is 1. The van der Waals surface area contributed by atoms with Crippen LogP contribution in [0, 0.1) is 15.4 Å². The molecule has 5 aromatic rings. The average molecular weight is 1020 g/mol. The predicted molar refractivity (Wildman–Crippen MR) is 220 cm³/mol. The van der Waals surface area contributed by atoms with Crippen LogP contribution in [-0.2, 0) is 55.3 Å². The van der Waals surface area contributed by atoms with Gasteiger partial charge in [0.2, 0.25) is 0 Å². The fourth-order valence-corrected chi connectivity index (χ4v) is 4.62. The molecule has 0 atom stereocenters. The minimum absolute atomic E-state index is 0. The number of hydrogen-bond donors (Lipinski definition) is 9. The fourth-order valence-electron chi connectivity index (χ4n) is 3.59. The number of nitrogens with one attached hydrogen (secondary N) is 2. The summed E-state index contributed by atoms with van der Waals surface area (Å²) in [5.41, 5.74) is 11.5. The number of aromatic nitrogens is 4. The summed E-state index contributed by atoms with van der Waals surface area (Å²) in [6.45, 7) is 0.926. The summed E-state index contributed by atoms with van der Waals surface area (Å²) in [4.78, 5) is 19.5. The van der Waals surface area contributed by atoms with E-state index in [4.69, 9.17) is 54.1 Å². The second-order valence-electron chi connectivity index (χ2n) is 9.71. The molecule has 2 aromatic heterocycles. The SMILES string of the molecule is C.N#C[S-].NCc1ccc(Br)cc1.O=C(CO)CO.OCc1c[nH]c(=S)n1Cc1ccc(Br)cc1.OCc1cncn1Cc1ccc(Br)cc1.ONOO.[K+]. The monoisotopic (exact) mass is 1020 g/mol. The number of aromatic amines is 1. The Hall–Kier alpha value is -1.60. The van der Waals surface area contributed by atoms with Gasteiger partial charge in [-0.15, -0.1) is 4.99 Å². The molecule has 0 unspecified atom stereocenters. The van der Waals surface area contributed by atoms with Crippen LogP contribution >= 0.6 is 60.0 Å². The molecule has 296 valence electrons. The van der Waals surface area contributed by atoms with E-state index in [1.54, 1.807) is 18.7 Å². The number of benzene rings is 3. The van der Waals surface area contributed by atoms with Gasteiger partial charge in [0.1, 0.15) is 13.2 Å². The first-order valence-electron chi connectivity index (χ1n) is 14.8. The number of nitrogens with zero attached hydrogens (tertiary/aromatic N) is 4. The molecule has 0 saturated carbocycles. The first-order chi connectivity index (χ1) is 25.5. The van der Waals surface area contributed by atoms with Gasteiger partial charge in [0.05, 0.1) is 43.7 Å². The van der Waals surface area contributed by atoms with Crippen LogP contribution in [0.3, 0.4) is 0 Å². The van der Waals surface area contributed by atoms with Crippen molar-refractivity contribution in [3.05, 3.63) is 138 Å². The number of halogens is 3. The summed E-state index contributed by atoms with van der Waals surface area (Å²) < 4.78 is 7.67. The largest absolute Gasteiger partial charge is 1.00 e. The van der Waals surface area contributed by atoms with Crippen LogP contribution in [0.5, 0.6) is 0 Å². The summed E-state index contributed by atoms with van der Waals surface area (Å²) >= 11 is 19.0. The van der Waals surface area contributed by atoms with Gasteiger partial charge in [-0.05, 0) is 70.9 Å². The number of thiocyanates is 1. The molecule has 0 aliphatic carbocycles. The van der Waals surface area contributed by atoms with Crippen molar-refractivity contribution in [2.75, 3.05) is 13.2 Å². The van der Waals surface area contributed by atoms with Crippen LogP contribution < -0.4 is 62.8 Å². The van der Waals surface area contributed by atoms with Crippen molar-refractivity contribution in [3.63, 3.8) is 0 Å². The Kier molecular flexibility index (Phi) is 38.5. The molecule has 0 bridgehead atoms. The van der Waals surface area contributed by atoms with Gasteiger partial charge in [-0.3, -0.25) is 10.0 Å². The van der Waals surface area contributed by atoms with Gasteiger partial charge in [0.25, 0.3) is 0 Å². The number of H-pyrrole nitrogens is 1. The minimum Gasteiger partial charge on any atom is -0.696 e. The van der Waals surface area contributed by atoms with Crippen LogP contribution in [0.1, 0.15) is 35.5 Å². The number of imidazole rings is 2. The third-order valence-corrected chi connectivity index (χ3v) is 8.06. The van der Waals surface area contributed by atoms with Crippen molar-refractivity contribution in [2.24, 2.45) is 5.73 Å². The maximum Gasteiger partial charge on any atom is 1.00 e. The summed E-state index contributed by atoms with van der Waals surface area (Å²) in [5.74, 6) is -0.546. The first kappa shape index (κ1) is 57.7. The second kappa shape index (κ2) is 36.7. The third kappa shape index (κ3) is 26.9. The van der Waals surface area contributed by atoms with Gasteiger partial charge in [-0.2, -0.15) is 0 Å². The Labute approximate surface area is 398 Å². The van der Waals surface area contributed by atoms with Crippen molar-refractivity contribution >= 4 is 78.4 Å². The molecular formula is C34H43Br3KN7O8S2. The number of nitriles is 1. The molecule has 0 aliphatic heterocycles. The molecule has 3 aromatic carbocycles. The predicted octanol–water partition coefficient (Wildman–Crippen LogP) is 2.51. The molecule has 15 nitrogen and oxygen atoms in total. The van der Waals surface area contributed by atoms with E-state index >= 15 is 0 Å². The summed E-state index contributed by atoms with van der Waals surface area (Å²) in [6, 6.07) is 24.1. The fraction of sp³-hybridized carbons (Fsp3) is 0.235. The van der Waals surface area contributed by atoms with Crippen molar-refractivity contribution in [2.45, 2.75) is 40.3 Å². The van der Waals surface area contributed by atoms with E-state index in [1.165, 1.54) is 16.5 Å². The Morgan fingerprint density at radius 1 is 0.873 bits per heavy atom. The van der Waals surface area contributed by atoms with Crippen molar-refractivity contribution < 1.29 is 92.1 Å². The van der Waals surface area contributed by atoms with Gasteiger partial charge in [-0.1, -0.05) is 97.0 Å². The molecule has 0 aliphatic rings. The molecule has 0 fully saturated rings. The molecular weight excluding hydrogens is 977 g/mol. The van der Waals surface area contributed by atoms with Gasteiger partial charge in [0, 0.05) is 32.7 Å². The van der Waals surface area contributed by atoms with Gasteiger partial charge >= 0.3 is 51.4 Å². The Morgan fingerprint density at radius 3 is 1.62 bits per heavy atom. The van der Waals surface area contributed by atoms with E-state index in [0.717, 1.165) is 42.6 Å². The number of Topliss-reactive ketones (excluding diaryl/α,β-unsaturated/α-hetero) is 1. The normalized spacial score (nSPS) is 9.11. The molecule has 55 heavy (non-hydrogen) atoms. The quantitative estimate of drug-likeness (QED) is 0.0244. The first-order valence-corrected chi connectivity index (χ1v) is 18.0. The van der Waals surface area contributed by atoms with Gasteiger partial charge in [-0.25, -0.2) is 15.5 Å². The van der Waals surface area contributed by atoms with Crippen LogP contribution in [0.2, 0.25) is 0 Å². The number of nitrogens with two attached hydrogens (primary N) is 1. The van der Waals surface area contributed by atoms with Crippen LogP contribution in [-0.4, -0.2) is 69.0 Å². The third-order valence-electron chi connectivity index (χ3n) is 6.14. The zero-order chi connectivity index (χ0) is 40.0. The molecule has 21 heteroatoms. The summed E-state index contributed by atoms with van der Waals surface area (Å²) in [5, 5.41) is 56.5. The number of hydrogen-bond acceptors (Lipinski definition) is 14. The van der Waals surface area contributed by atoms with Crippen molar-refractivity contribution in [1.82, 2.24) is 24.7 Å². The van der Waals surface area contributed by atoms with Gasteiger partial charge in [0.15, 0.2) is 10.6 Å². The van der Waals surface area contributed by atoms with E-state index in [2.05, 4.69) is 75.4 Å². The number of aliphatic hydroxyl groups excluding tert-OH is 4. The van der Waals surface area contributed by atoms with E-state index < -0.39 is 19.0 Å². The van der Waals surface area contributed by atoms with Crippen LogP contribution in [0.4, 0.5) is 0 Å². The number of aliphatic hydroxyl groups is 4. The molecule has 0 spiro atoms. The standard InChI is InChI=1S/C11H11BrN2OS.C11H11BrN2O.C7H8BrN.C3H6O3.CHNS.CH4.K.H3NO3/c12-9-3-1-8(2-4-9)6-14-10(7-15)5-13-11(14)16;12-10-3-1-9(2-4-10)6-14-8-13-5-11(14)7-15;8-7-3-1-6(5-9)2-4-7;4-1-3(6)2-5;2-1-3;;;2-1-4-3/h1-5,15H,6-7H2,(H,13,16);1-5,8,15H,6-7H2;1-4H,5,9H2;4-5H,1-2H2;3H;1H4;;1-3H/q;;;;;;+1;/p-1. The number of carbonyl (C=O) groups is 1. The van der Waals surface area contributed by atoms with E-state index in [-0.39, 0.29) is 72.0 Å². The topological polar surface area (TPSA) is 248 Å². The Bertz CT molecular complexity index is 1790. The second-order valence-corrected chi connectivity index (χ2v) is 13.0. The molecule has 0 amide bonds. The zero-order valence-electron chi connectivity index (χ0n) is 28.9. The molecule has 5 rings (SSSR count). The molecule has 0 saturated heterocycles. The molecule has 10 N–H and O–H groups in total. The maximum atomic E-state index is 9.68.